The number of hydrogen-bond donors (Lipinski definition) is 1. The summed E-state index contributed by atoms with van der Waals surface area (Å²) >= 11 is 0. The molecular formula is C20H23FN2O2. The molecule has 0 aromatic heterocycles. The molecule has 0 amide bonds. The van der Waals surface area contributed by atoms with Crippen LogP contribution in [-0.4, -0.2) is 53.1 Å². The van der Waals surface area contributed by atoms with Crippen LogP contribution in [0.5, 0.6) is 0 Å². The molecule has 0 saturated carbocycles. The van der Waals surface area contributed by atoms with Crippen LogP contribution in [0.15, 0.2) is 54.6 Å². The number of carboxylic acid groups (broad SMARTS) is 1. The third kappa shape index (κ3) is 4.06. The van der Waals surface area contributed by atoms with Gasteiger partial charge in [-0.25, -0.2) is 4.39 Å². The molecule has 0 unspecified atom stereocenters. The number of benzene rings is 2. The molecule has 1 aliphatic heterocycles. The molecule has 5 heteroatoms. The second kappa shape index (κ2) is 7.76. The minimum Gasteiger partial charge on any atom is -0.480 e. The Bertz CT molecular complexity index is 723. The summed E-state index contributed by atoms with van der Waals surface area (Å²) in [6.45, 7) is 4.13. The maximum Gasteiger partial charge on any atom is 0.317 e. The molecule has 2 aromatic carbocycles. The SMILES string of the molecule is C[C@@H]1CN([C@@H](c2ccccc2)c2ccccc2F)CCN1CC(=O)O. The third-order valence-electron chi connectivity index (χ3n) is 4.82. The fourth-order valence-electron chi connectivity index (χ4n) is 3.59. The van der Waals surface area contributed by atoms with Crippen molar-refractivity contribution in [3.63, 3.8) is 0 Å². The van der Waals surface area contributed by atoms with E-state index in [0.717, 1.165) is 5.56 Å². The number of halogens is 1. The molecule has 2 atom stereocenters. The van der Waals surface area contributed by atoms with Crippen molar-refractivity contribution in [3.8, 4) is 0 Å². The number of piperazine rings is 1. The van der Waals surface area contributed by atoms with E-state index in [1.807, 2.05) is 54.3 Å². The summed E-state index contributed by atoms with van der Waals surface area (Å²) in [5, 5.41) is 9.05. The van der Waals surface area contributed by atoms with Gasteiger partial charge in [-0.15, -0.1) is 0 Å². The molecule has 1 heterocycles. The van der Waals surface area contributed by atoms with Gasteiger partial charge in [-0.05, 0) is 18.6 Å². The van der Waals surface area contributed by atoms with Crippen LogP contribution in [0.1, 0.15) is 24.1 Å². The molecule has 4 nitrogen and oxygen atoms in total. The zero-order valence-corrected chi connectivity index (χ0v) is 14.3. The Hall–Kier alpha value is -2.24. The van der Waals surface area contributed by atoms with Crippen molar-refractivity contribution in [1.29, 1.82) is 0 Å². The molecule has 0 radical (unpaired) electrons. The van der Waals surface area contributed by atoms with Gasteiger partial charge in [0.05, 0.1) is 12.6 Å². The van der Waals surface area contributed by atoms with Gasteiger partial charge in [-0.1, -0.05) is 48.5 Å². The highest BCUT2D eigenvalue weighted by molar-refractivity contribution is 5.69. The Morgan fingerprint density at radius 3 is 2.48 bits per heavy atom. The maximum atomic E-state index is 14.5. The van der Waals surface area contributed by atoms with Crippen molar-refractivity contribution in [2.75, 3.05) is 26.2 Å². The van der Waals surface area contributed by atoms with Crippen LogP contribution < -0.4 is 0 Å². The molecule has 1 aliphatic rings. The molecule has 0 aliphatic carbocycles. The number of rotatable bonds is 5. The number of hydrogen-bond acceptors (Lipinski definition) is 3. The topological polar surface area (TPSA) is 43.8 Å². The van der Waals surface area contributed by atoms with Gasteiger partial charge < -0.3 is 5.11 Å². The standard InChI is InChI=1S/C20H23FN2O2/c1-15-13-23(12-11-22(15)14-19(24)25)20(16-7-3-2-4-8-16)17-9-5-6-10-18(17)21/h2-10,15,20H,11-14H2,1H3,(H,24,25)/t15-,20+/m1/s1. The molecule has 1 fully saturated rings. The lowest BCUT2D eigenvalue weighted by Crippen LogP contribution is -2.54. The Kier molecular flexibility index (Phi) is 5.46. The summed E-state index contributed by atoms with van der Waals surface area (Å²) in [7, 11) is 0. The first-order chi connectivity index (χ1) is 12.1. The number of carboxylic acids is 1. The van der Waals surface area contributed by atoms with Crippen LogP contribution in [0.3, 0.4) is 0 Å². The summed E-state index contributed by atoms with van der Waals surface area (Å²) in [4.78, 5) is 15.2. The van der Waals surface area contributed by atoms with Crippen LogP contribution in [-0.2, 0) is 4.79 Å². The molecular weight excluding hydrogens is 319 g/mol. The van der Waals surface area contributed by atoms with Gasteiger partial charge in [0, 0.05) is 31.2 Å². The molecule has 25 heavy (non-hydrogen) atoms. The van der Waals surface area contributed by atoms with Gasteiger partial charge in [-0.3, -0.25) is 14.6 Å². The van der Waals surface area contributed by atoms with Crippen molar-refractivity contribution in [2.24, 2.45) is 0 Å². The van der Waals surface area contributed by atoms with Crippen LogP contribution in [0.4, 0.5) is 4.39 Å². The van der Waals surface area contributed by atoms with E-state index in [1.54, 1.807) is 6.07 Å². The van der Waals surface area contributed by atoms with E-state index in [1.165, 1.54) is 6.07 Å². The second-order valence-electron chi connectivity index (χ2n) is 6.54. The Morgan fingerprint density at radius 2 is 1.84 bits per heavy atom. The van der Waals surface area contributed by atoms with Crippen molar-refractivity contribution < 1.29 is 14.3 Å². The molecule has 1 saturated heterocycles. The summed E-state index contributed by atoms with van der Waals surface area (Å²) < 4.78 is 14.5. The van der Waals surface area contributed by atoms with E-state index in [-0.39, 0.29) is 24.4 Å². The van der Waals surface area contributed by atoms with Gasteiger partial charge in [0.15, 0.2) is 0 Å². The highest BCUT2D eigenvalue weighted by Gasteiger charge is 2.31. The zero-order chi connectivity index (χ0) is 17.8. The van der Waals surface area contributed by atoms with Gasteiger partial charge in [0.25, 0.3) is 0 Å². The average molecular weight is 342 g/mol. The van der Waals surface area contributed by atoms with Crippen molar-refractivity contribution in [3.05, 3.63) is 71.5 Å². The van der Waals surface area contributed by atoms with Gasteiger partial charge in [0.2, 0.25) is 0 Å². The van der Waals surface area contributed by atoms with E-state index in [2.05, 4.69) is 4.90 Å². The van der Waals surface area contributed by atoms with E-state index in [4.69, 9.17) is 5.11 Å². The second-order valence-corrected chi connectivity index (χ2v) is 6.54. The van der Waals surface area contributed by atoms with Crippen molar-refractivity contribution >= 4 is 5.97 Å². The molecule has 3 rings (SSSR count). The first-order valence-corrected chi connectivity index (χ1v) is 8.55. The van der Waals surface area contributed by atoms with E-state index in [0.29, 0.717) is 25.2 Å². The highest BCUT2D eigenvalue weighted by atomic mass is 19.1. The number of aliphatic carboxylic acids is 1. The molecule has 2 aromatic rings. The van der Waals surface area contributed by atoms with Crippen LogP contribution in [0, 0.1) is 5.82 Å². The number of carbonyl (C=O) groups is 1. The molecule has 132 valence electrons. The van der Waals surface area contributed by atoms with Gasteiger partial charge in [0.1, 0.15) is 5.82 Å². The number of nitrogens with zero attached hydrogens (tertiary/aromatic N) is 2. The lowest BCUT2D eigenvalue weighted by atomic mass is 9.95. The first-order valence-electron chi connectivity index (χ1n) is 8.55. The lowest BCUT2D eigenvalue weighted by molar-refractivity contribution is -0.139. The van der Waals surface area contributed by atoms with E-state index in [9.17, 15) is 9.18 Å². The van der Waals surface area contributed by atoms with Crippen molar-refractivity contribution in [1.82, 2.24) is 9.80 Å². The van der Waals surface area contributed by atoms with Gasteiger partial charge in [-0.2, -0.15) is 0 Å². The fraction of sp³-hybridized carbons (Fsp3) is 0.350. The quantitative estimate of drug-likeness (QED) is 0.907. The summed E-state index contributed by atoms with van der Waals surface area (Å²) in [6.07, 6.45) is 0. The van der Waals surface area contributed by atoms with Gasteiger partial charge >= 0.3 is 5.97 Å². The third-order valence-corrected chi connectivity index (χ3v) is 4.82. The predicted octanol–water partition coefficient (Wildman–Crippen LogP) is 3.01. The molecule has 1 N–H and O–H groups in total. The molecule has 0 bridgehead atoms. The Labute approximate surface area is 147 Å². The average Bonchev–Trinajstić information content (AvgIpc) is 2.60. The van der Waals surface area contributed by atoms with Crippen LogP contribution in [0.25, 0.3) is 0 Å². The lowest BCUT2D eigenvalue weighted by Gasteiger charge is -2.43. The Morgan fingerprint density at radius 1 is 1.16 bits per heavy atom. The summed E-state index contributed by atoms with van der Waals surface area (Å²) in [5.41, 5.74) is 1.71. The molecule has 0 spiro atoms. The van der Waals surface area contributed by atoms with E-state index < -0.39 is 5.97 Å². The fourth-order valence-corrected chi connectivity index (χ4v) is 3.59. The Balaban J connectivity index is 1.89. The summed E-state index contributed by atoms with van der Waals surface area (Å²) in [5.74, 6) is -1.02. The smallest absolute Gasteiger partial charge is 0.317 e. The van der Waals surface area contributed by atoms with E-state index >= 15 is 0 Å². The van der Waals surface area contributed by atoms with Crippen LogP contribution in [0.2, 0.25) is 0 Å². The maximum absolute atomic E-state index is 14.5. The van der Waals surface area contributed by atoms with Crippen molar-refractivity contribution in [2.45, 2.75) is 19.0 Å². The zero-order valence-electron chi connectivity index (χ0n) is 14.3. The normalized spacial score (nSPS) is 20.3. The minimum atomic E-state index is -0.811. The largest absolute Gasteiger partial charge is 0.480 e. The first kappa shape index (κ1) is 17.6. The predicted molar refractivity (Wildman–Crippen MR) is 94.9 cm³/mol. The monoisotopic (exact) mass is 342 g/mol. The highest BCUT2D eigenvalue weighted by Crippen LogP contribution is 2.32. The van der Waals surface area contributed by atoms with Crippen LogP contribution >= 0.6 is 0 Å². The summed E-state index contributed by atoms with van der Waals surface area (Å²) in [6, 6.07) is 16.7. The minimum absolute atomic E-state index is 0.0463.